The summed E-state index contributed by atoms with van der Waals surface area (Å²) in [6.45, 7) is 1.79. The molecule has 2 rings (SSSR count). The van der Waals surface area contributed by atoms with Gasteiger partial charge in [0.15, 0.2) is 0 Å². The van der Waals surface area contributed by atoms with Crippen LogP contribution in [0.1, 0.15) is 5.56 Å². The van der Waals surface area contributed by atoms with Crippen molar-refractivity contribution in [1.82, 2.24) is 4.90 Å². The maximum absolute atomic E-state index is 13.6. The number of carbonyl (C=O) groups is 1. The first-order valence-corrected chi connectivity index (χ1v) is 5.60. The minimum Gasteiger partial charge on any atom is -0.360 e. The molecule has 0 unspecified atom stereocenters. The highest BCUT2D eigenvalue weighted by Gasteiger charge is 2.23. The van der Waals surface area contributed by atoms with E-state index < -0.39 is 0 Å². The maximum atomic E-state index is 13.6. The van der Waals surface area contributed by atoms with E-state index in [9.17, 15) is 9.18 Å². The van der Waals surface area contributed by atoms with E-state index in [2.05, 4.69) is 0 Å². The molecule has 92 valence electrons. The highest BCUT2D eigenvalue weighted by atomic mass is 19.1. The monoisotopic (exact) mass is 237 g/mol. The summed E-state index contributed by atoms with van der Waals surface area (Å²) in [6, 6.07) is 4.85. The van der Waals surface area contributed by atoms with Crippen molar-refractivity contribution in [3.8, 4) is 0 Å². The summed E-state index contributed by atoms with van der Waals surface area (Å²) < 4.78 is 13.6. The zero-order valence-corrected chi connectivity index (χ0v) is 9.82. The van der Waals surface area contributed by atoms with Crippen molar-refractivity contribution in [1.29, 1.82) is 0 Å². The molecule has 1 aliphatic rings. The SMILES string of the molecule is CN1CCN(c2cccc(F)c2CN)CC1=O. The van der Waals surface area contributed by atoms with Crippen LogP contribution >= 0.6 is 0 Å². The number of anilines is 1. The van der Waals surface area contributed by atoms with E-state index in [-0.39, 0.29) is 24.8 Å². The van der Waals surface area contributed by atoms with Crippen molar-refractivity contribution in [3.63, 3.8) is 0 Å². The molecule has 0 aliphatic carbocycles. The van der Waals surface area contributed by atoms with Crippen molar-refractivity contribution < 1.29 is 9.18 Å². The van der Waals surface area contributed by atoms with Crippen molar-refractivity contribution in [2.24, 2.45) is 5.73 Å². The van der Waals surface area contributed by atoms with Gasteiger partial charge in [0.25, 0.3) is 0 Å². The zero-order valence-electron chi connectivity index (χ0n) is 9.82. The third-order valence-electron chi connectivity index (χ3n) is 3.10. The van der Waals surface area contributed by atoms with Crippen LogP contribution in [0.15, 0.2) is 18.2 Å². The van der Waals surface area contributed by atoms with Crippen LogP contribution in [0.3, 0.4) is 0 Å². The van der Waals surface area contributed by atoms with Crippen molar-refractivity contribution >= 4 is 11.6 Å². The fourth-order valence-corrected chi connectivity index (χ4v) is 2.01. The number of halogens is 1. The fourth-order valence-electron chi connectivity index (χ4n) is 2.01. The third kappa shape index (κ3) is 2.24. The largest absolute Gasteiger partial charge is 0.360 e. The molecule has 1 heterocycles. The first-order chi connectivity index (χ1) is 8.13. The Bertz CT molecular complexity index is 436. The predicted molar refractivity (Wildman–Crippen MR) is 64.1 cm³/mol. The number of piperazine rings is 1. The molecule has 2 N–H and O–H groups in total. The Labute approximate surface area is 99.8 Å². The van der Waals surface area contributed by atoms with Crippen molar-refractivity contribution in [2.75, 3.05) is 31.6 Å². The highest BCUT2D eigenvalue weighted by Crippen LogP contribution is 2.24. The summed E-state index contributed by atoms with van der Waals surface area (Å²) in [7, 11) is 1.77. The second-order valence-electron chi connectivity index (χ2n) is 4.18. The van der Waals surface area contributed by atoms with Crippen LogP contribution < -0.4 is 10.6 Å². The summed E-state index contributed by atoms with van der Waals surface area (Å²) in [5.74, 6) is -0.264. The second-order valence-corrected chi connectivity index (χ2v) is 4.18. The maximum Gasteiger partial charge on any atom is 0.241 e. The molecule has 1 amide bonds. The fraction of sp³-hybridized carbons (Fsp3) is 0.417. The lowest BCUT2D eigenvalue weighted by atomic mass is 10.1. The zero-order chi connectivity index (χ0) is 12.4. The normalized spacial score (nSPS) is 16.5. The Morgan fingerprint density at radius 2 is 2.18 bits per heavy atom. The quantitative estimate of drug-likeness (QED) is 0.817. The predicted octanol–water partition coefficient (Wildman–Crippen LogP) is 0.563. The second kappa shape index (κ2) is 4.71. The first kappa shape index (κ1) is 11.9. The Balaban J connectivity index is 2.28. The number of hydrogen-bond acceptors (Lipinski definition) is 3. The average Bonchev–Trinajstić information content (AvgIpc) is 2.32. The van der Waals surface area contributed by atoms with E-state index in [0.29, 0.717) is 18.7 Å². The molecule has 1 aliphatic heterocycles. The van der Waals surface area contributed by atoms with Crippen molar-refractivity contribution in [3.05, 3.63) is 29.6 Å². The van der Waals surface area contributed by atoms with Gasteiger partial charge < -0.3 is 15.5 Å². The summed E-state index contributed by atoms with van der Waals surface area (Å²) >= 11 is 0. The molecule has 0 radical (unpaired) electrons. The van der Waals surface area contributed by atoms with Gasteiger partial charge in [0.2, 0.25) is 5.91 Å². The van der Waals surface area contributed by atoms with Gasteiger partial charge in [-0.25, -0.2) is 4.39 Å². The van der Waals surface area contributed by atoms with Crippen LogP contribution in [0.4, 0.5) is 10.1 Å². The van der Waals surface area contributed by atoms with Crippen LogP contribution in [0.5, 0.6) is 0 Å². The molecule has 1 saturated heterocycles. The minimum atomic E-state index is -0.309. The van der Waals surface area contributed by atoms with Crippen LogP contribution in [0, 0.1) is 5.82 Å². The number of benzene rings is 1. The van der Waals surface area contributed by atoms with E-state index in [1.165, 1.54) is 6.07 Å². The molecule has 1 fully saturated rings. The third-order valence-corrected chi connectivity index (χ3v) is 3.10. The molecular weight excluding hydrogens is 221 g/mol. The van der Waals surface area contributed by atoms with Gasteiger partial charge in [0.05, 0.1) is 6.54 Å². The number of likely N-dealkylation sites (N-methyl/N-ethyl adjacent to an activating group) is 1. The lowest BCUT2D eigenvalue weighted by Crippen LogP contribution is -2.49. The molecular formula is C12H16FN3O. The van der Waals surface area contributed by atoms with Crippen LogP contribution in [0.25, 0.3) is 0 Å². The summed E-state index contributed by atoms with van der Waals surface area (Å²) in [6.07, 6.45) is 0. The highest BCUT2D eigenvalue weighted by molar-refractivity contribution is 5.83. The molecule has 1 aromatic rings. The smallest absolute Gasteiger partial charge is 0.241 e. The van der Waals surface area contributed by atoms with Crippen LogP contribution in [-0.2, 0) is 11.3 Å². The van der Waals surface area contributed by atoms with Gasteiger partial charge in [-0.1, -0.05) is 6.07 Å². The number of hydrogen-bond donors (Lipinski definition) is 1. The molecule has 1 aromatic carbocycles. The Hall–Kier alpha value is -1.62. The average molecular weight is 237 g/mol. The van der Waals surface area contributed by atoms with Gasteiger partial charge in [0, 0.05) is 37.9 Å². The lowest BCUT2D eigenvalue weighted by molar-refractivity contribution is -0.129. The summed E-state index contributed by atoms with van der Waals surface area (Å²) in [4.78, 5) is 15.2. The summed E-state index contributed by atoms with van der Waals surface area (Å²) in [5, 5.41) is 0. The number of rotatable bonds is 2. The molecule has 0 atom stereocenters. The van der Waals surface area contributed by atoms with Gasteiger partial charge in [-0.3, -0.25) is 4.79 Å². The Morgan fingerprint density at radius 1 is 1.41 bits per heavy atom. The lowest BCUT2D eigenvalue weighted by Gasteiger charge is -2.34. The number of carbonyl (C=O) groups excluding carboxylic acids is 1. The van der Waals surface area contributed by atoms with Gasteiger partial charge in [-0.15, -0.1) is 0 Å². The van der Waals surface area contributed by atoms with E-state index in [4.69, 9.17) is 5.73 Å². The summed E-state index contributed by atoms with van der Waals surface area (Å²) in [5.41, 5.74) is 6.77. The van der Waals surface area contributed by atoms with E-state index >= 15 is 0 Å². The molecule has 0 spiro atoms. The first-order valence-electron chi connectivity index (χ1n) is 5.60. The van der Waals surface area contributed by atoms with Gasteiger partial charge in [0.1, 0.15) is 5.82 Å². The molecule has 4 nitrogen and oxygen atoms in total. The van der Waals surface area contributed by atoms with Gasteiger partial charge >= 0.3 is 0 Å². The van der Waals surface area contributed by atoms with Crippen molar-refractivity contribution in [2.45, 2.75) is 6.54 Å². The molecule has 0 bridgehead atoms. The van der Waals surface area contributed by atoms with Crippen LogP contribution in [-0.4, -0.2) is 37.5 Å². The molecule has 5 heteroatoms. The number of nitrogens with two attached hydrogens (primary N) is 1. The standard InChI is InChI=1S/C12H16FN3O/c1-15-5-6-16(8-12(15)17)11-4-2-3-10(13)9(11)7-14/h2-4H,5-8,14H2,1H3. The van der Waals surface area contributed by atoms with Gasteiger partial charge in [-0.2, -0.15) is 0 Å². The van der Waals surface area contributed by atoms with Gasteiger partial charge in [-0.05, 0) is 12.1 Å². The Morgan fingerprint density at radius 3 is 2.82 bits per heavy atom. The number of nitrogens with zero attached hydrogens (tertiary/aromatic N) is 2. The topological polar surface area (TPSA) is 49.6 Å². The van der Waals surface area contributed by atoms with E-state index in [0.717, 1.165) is 5.69 Å². The minimum absolute atomic E-state index is 0.0449. The molecule has 0 saturated carbocycles. The van der Waals surface area contributed by atoms with E-state index in [1.54, 1.807) is 18.0 Å². The number of amides is 1. The molecule has 0 aromatic heterocycles. The van der Waals surface area contributed by atoms with Crippen LogP contribution in [0.2, 0.25) is 0 Å². The molecule has 17 heavy (non-hydrogen) atoms. The van der Waals surface area contributed by atoms with E-state index in [1.807, 2.05) is 11.0 Å². The Kier molecular flexibility index (Phi) is 3.28.